The number of benzene rings is 2. The highest BCUT2D eigenvalue weighted by atomic mass is 32.2. The molecule has 1 fully saturated rings. The second kappa shape index (κ2) is 10.8. The minimum absolute atomic E-state index is 0.0425. The highest BCUT2D eigenvalue weighted by molar-refractivity contribution is 7.89. The van der Waals surface area contributed by atoms with Crippen LogP contribution in [0.4, 0.5) is 0 Å². The van der Waals surface area contributed by atoms with Gasteiger partial charge in [-0.2, -0.15) is 4.31 Å². The SMILES string of the molecule is COc1ccc(S(=O)(=O)N2CCCC2)cc1CCC(=O)NCCCc1cccc(C)c1. The molecule has 0 spiro atoms. The quantitative estimate of drug-likeness (QED) is 0.570. The number of carbonyl (C=O) groups is 1. The van der Waals surface area contributed by atoms with E-state index in [-0.39, 0.29) is 17.2 Å². The smallest absolute Gasteiger partial charge is 0.243 e. The molecule has 3 rings (SSSR count). The zero-order chi connectivity index (χ0) is 22.3. The summed E-state index contributed by atoms with van der Waals surface area (Å²) in [4.78, 5) is 12.6. The summed E-state index contributed by atoms with van der Waals surface area (Å²) in [5.74, 6) is 0.562. The second-order valence-corrected chi connectivity index (χ2v) is 9.97. The van der Waals surface area contributed by atoms with E-state index in [9.17, 15) is 13.2 Å². The van der Waals surface area contributed by atoms with Gasteiger partial charge in [-0.15, -0.1) is 0 Å². The molecule has 0 atom stereocenters. The minimum atomic E-state index is -3.49. The molecule has 1 saturated heterocycles. The first-order chi connectivity index (χ1) is 14.9. The number of nitrogens with zero attached hydrogens (tertiary/aromatic N) is 1. The average molecular weight is 445 g/mol. The monoisotopic (exact) mass is 444 g/mol. The first-order valence-corrected chi connectivity index (χ1v) is 12.3. The molecule has 2 aromatic carbocycles. The van der Waals surface area contributed by atoms with Crippen molar-refractivity contribution in [2.45, 2.75) is 50.3 Å². The molecule has 0 saturated carbocycles. The highest BCUT2D eigenvalue weighted by Gasteiger charge is 2.27. The molecule has 1 aliphatic heterocycles. The van der Waals surface area contributed by atoms with Crippen molar-refractivity contribution in [3.05, 3.63) is 59.2 Å². The standard InChI is InChI=1S/C24H32N2O4S/c1-19-7-5-8-20(17-19)9-6-14-25-24(27)13-10-21-18-22(11-12-23(21)30-2)31(28,29)26-15-3-4-16-26/h5,7-8,11-12,17-18H,3-4,6,9-10,13-16H2,1-2H3,(H,25,27). The Hall–Kier alpha value is -2.38. The Morgan fingerprint density at radius 1 is 1.10 bits per heavy atom. The van der Waals surface area contributed by atoms with Crippen molar-refractivity contribution in [1.29, 1.82) is 0 Å². The summed E-state index contributed by atoms with van der Waals surface area (Å²) in [7, 11) is -1.94. The van der Waals surface area contributed by atoms with E-state index < -0.39 is 10.0 Å². The summed E-state index contributed by atoms with van der Waals surface area (Å²) in [5.41, 5.74) is 3.25. The first-order valence-electron chi connectivity index (χ1n) is 10.9. The third kappa shape index (κ3) is 6.31. The lowest BCUT2D eigenvalue weighted by Crippen LogP contribution is -2.28. The van der Waals surface area contributed by atoms with Gasteiger partial charge in [0.05, 0.1) is 12.0 Å². The number of rotatable bonds is 10. The lowest BCUT2D eigenvalue weighted by Gasteiger charge is -2.17. The fraction of sp³-hybridized carbons (Fsp3) is 0.458. The Bertz CT molecular complexity index is 998. The van der Waals surface area contributed by atoms with Gasteiger partial charge in [-0.25, -0.2) is 8.42 Å². The predicted molar refractivity (Wildman–Crippen MR) is 122 cm³/mol. The van der Waals surface area contributed by atoms with E-state index in [2.05, 4.69) is 36.5 Å². The minimum Gasteiger partial charge on any atom is -0.496 e. The van der Waals surface area contributed by atoms with Crippen LogP contribution in [0.1, 0.15) is 42.4 Å². The van der Waals surface area contributed by atoms with Crippen LogP contribution in [-0.4, -0.2) is 45.4 Å². The van der Waals surface area contributed by atoms with Crippen LogP contribution in [0.25, 0.3) is 0 Å². The molecular formula is C24H32N2O4S. The summed E-state index contributed by atoms with van der Waals surface area (Å²) < 4.78 is 32.6. The van der Waals surface area contributed by atoms with E-state index in [0.29, 0.717) is 31.8 Å². The van der Waals surface area contributed by atoms with Gasteiger partial charge in [0.25, 0.3) is 0 Å². The predicted octanol–water partition coefficient (Wildman–Crippen LogP) is 3.47. The number of aryl methyl sites for hydroxylation is 3. The summed E-state index contributed by atoms with van der Waals surface area (Å²) >= 11 is 0. The van der Waals surface area contributed by atoms with Gasteiger partial charge in [0.15, 0.2) is 0 Å². The first kappa shape index (κ1) is 23.3. The molecule has 0 radical (unpaired) electrons. The molecule has 1 amide bonds. The Kier molecular flexibility index (Phi) is 8.09. The number of methoxy groups -OCH3 is 1. The lowest BCUT2D eigenvalue weighted by atomic mass is 10.1. The molecule has 7 heteroatoms. The van der Waals surface area contributed by atoms with Gasteiger partial charge in [-0.1, -0.05) is 29.8 Å². The Morgan fingerprint density at radius 2 is 1.87 bits per heavy atom. The molecule has 168 valence electrons. The van der Waals surface area contributed by atoms with E-state index >= 15 is 0 Å². The molecule has 1 N–H and O–H groups in total. The second-order valence-electron chi connectivity index (χ2n) is 8.03. The van der Waals surface area contributed by atoms with Crippen molar-refractivity contribution < 1.29 is 17.9 Å². The van der Waals surface area contributed by atoms with Crippen molar-refractivity contribution in [2.24, 2.45) is 0 Å². The number of amides is 1. The van der Waals surface area contributed by atoms with Crippen molar-refractivity contribution >= 4 is 15.9 Å². The van der Waals surface area contributed by atoms with Gasteiger partial charge in [0, 0.05) is 26.1 Å². The number of carbonyl (C=O) groups excluding carboxylic acids is 1. The van der Waals surface area contributed by atoms with Gasteiger partial charge in [-0.3, -0.25) is 4.79 Å². The fourth-order valence-corrected chi connectivity index (χ4v) is 5.48. The topological polar surface area (TPSA) is 75.7 Å². The van der Waals surface area contributed by atoms with Crippen LogP contribution < -0.4 is 10.1 Å². The van der Waals surface area contributed by atoms with Gasteiger partial charge in [0.2, 0.25) is 15.9 Å². The molecule has 1 heterocycles. The summed E-state index contributed by atoms with van der Waals surface area (Å²) in [6.45, 7) is 3.82. The van der Waals surface area contributed by atoms with Crippen LogP contribution in [-0.2, 0) is 27.7 Å². The third-order valence-corrected chi connectivity index (χ3v) is 7.52. The van der Waals surface area contributed by atoms with Crippen LogP contribution in [0, 0.1) is 6.92 Å². The van der Waals surface area contributed by atoms with Crippen LogP contribution in [0.5, 0.6) is 5.75 Å². The van der Waals surface area contributed by atoms with Crippen LogP contribution in [0.3, 0.4) is 0 Å². The number of hydrogen-bond donors (Lipinski definition) is 1. The summed E-state index contributed by atoms with van der Waals surface area (Å²) in [6.07, 6.45) is 4.30. The third-order valence-electron chi connectivity index (χ3n) is 5.62. The largest absolute Gasteiger partial charge is 0.496 e. The average Bonchev–Trinajstić information content (AvgIpc) is 3.31. The molecule has 0 unspecified atom stereocenters. The molecule has 1 aliphatic rings. The van der Waals surface area contributed by atoms with Crippen molar-refractivity contribution in [1.82, 2.24) is 9.62 Å². The molecule has 0 aliphatic carbocycles. The van der Waals surface area contributed by atoms with E-state index in [0.717, 1.165) is 31.2 Å². The molecular weight excluding hydrogens is 412 g/mol. The number of ether oxygens (including phenoxy) is 1. The normalized spacial score (nSPS) is 14.5. The van der Waals surface area contributed by atoms with Gasteiger partial charge in [0.1, 0.15) is 5.75 Å². The maximum atomic E-state index is 12.8. The maximum absolute atomic E-state index is 12.8. The van der Waals surface area contributed by atoms with E-state index in [4.69, 9.17) is 4.74 Å². The maximum Gasteiger partial charge on any atom is 0.243 e. The summed E-state index contributed by atoms with van der Waals surface area (Å²) in [6, 6.07) is 13.3. The molecule has 0 aromatic heterocycles. The Labute approximate surface area is 185 Å². The lowest BCUT2D eigenvalue weighted by molar-refractivity contribution is -0.121. The van der Waals surface area contributed by atoms with Crippen molar-refractivity contribution in [3.8, 4) is 5.75 Å². The van der Waals surface area contributed by atoms with E-state index in [1.54, 1.807) is 25.3 Å². The summed E-state index contributed by atoms with van der Waals surface area (Å²) in [5, 5.41) is 2.96. The van der Waals surface area contributed by atoms with Crippen molar-refractivity contribution in [2.75, 3.05) is 26.7 Å². The fourth-order valence-electron chi connectivity index (χ4n) is 3.91. The molecule has 0 bridgehead atoms. The number of nitrogens with one attached hydrogen (secondary N) is 1. The zero-order valence-corrected chi connectivity index (χ0v) is 19.2. The van der Waals surface area contributed by atoms with E-state index in [1.807, 2.05) is 0 Å². The van der Waals surface area contributed by atoms with Crippen LogP contribution in [0.15, 0.2) is 47.4 Å². The molecule has 2 aromatic rings. The van der Waals surface area contributed by atoms with E-state index in [1.165, 1.54) is 15.4 Å². The van der Waals surface area contributed by atoms with Gasteiger partial charge < -0.3 is 10.1 Å². The van der Waals surface area contributed by atoms with Crippen LogP contribution >= 0.6 is 0 Å². The zero-order valence-electron chi connectivity index (χ0n) is 18.4. The van der Waals surface area contributed by atoms with Gasteiger partial charge in [-0.05, 0) is 68.4 Å². The van der Waals surface area contributed by atoms with Gasteiger partial charge >= 0.3 is 0 Å². The number of hydrogen-bond acceptors (Lipinski definition) is 4. The van der Waals surface area contributed by atoms with Crippen LogP contribution in [0.2, 0.25) is 0 Å². The Balaban J connectivity index is 1.53. The molecule has 31 heavy (non-hydrogen) atoms. The molecule has 6 nitrogen and oxygen atoms in total. The highest BCUT2D eigenvalue weighted by Crippen LogP contribution is 2.27. The number of sulfonamides is 1. The Morgan fingerprint density at radius 3 is 2.58 bits per heavy atom. The van der Waals surface area contributed by atoms with Crippen molar-refractivity contribution in [3.63, 3.8) is 0 Å².